The van der Waals surface area contributed by atoms with Crippen LogP contribution in [0.2, 0.25) is 0 Å². The standard InChI is InChI=1S/C14H13F5N4/c1-2-20-13-22-11(14(17,18)19)6-12(23-13)21-7-8-3-4-9(15)10(16)5-8/h3-6H,2,7H2,1H3,(H2,20,21,22,23). The number of benzene rings is 1. The Morgan fingerprint density at radius 2 is 1.74 bits per heavy atom. The van der Waals surface area contributed by atoms with Gasteiger partial charge in [0.25, 0.3) is 0 Å². The van der Waals surface area contributed by atoms with Gasteiger partial charge in [-0.3, -0.25) is 0 Å². The topological polar surface area (TPSA) is 49.8 Å². The van der Waals surface area contributed by atoms with E-state index in [9.17, 15) is 22.0 Å². The summed E-state index contributed by atoms with van der Waals surface area (Å²) in [5.74, 6) is -2.27. The minimum atomic E-state index is -4.62. The van der Waals surface area contributed by atoms with E-state index in [1.165, 1.54) is 6.07 Å². The summed E-state index contributed by atoms with van der Waals surface area (Å²) in [6.07, 6.45) is -4.62. The third-order valence-corrected chi connectivity index (χ3v) is 2.81. The molecular weight excluding hydrogens is 319 g/mol. The van der Waals surface area contributed by atoms with Crippen LogP contribution in [-0.4, -0.2) is 16.5 Å². The Kier molecular flexibility index (Phi) is 4.97. The second kappa shape index (κ2) is 6.76. The Balaban J connectivity index is 2.20. The Bertz CT molecular complexity index is 687. The van der Waals surface area contributed by atoms with E-state index in [0.717, 1.165) is 18.2 Å². The van der Waals surface area contributed by atoms with E-state index < -0.39 is 23.5 Å². The molecule has 0 radical (unpaired) electrons. The van der Waals surface area contributed by atoms with Gasteiger partial charge in [0.2, 0.25) is 5.95 Å². The lowest BCUT2D eigenvalue weighted by atomic mass is 10.2. The largest absolute Gasteiger partial charge is 0.433 e. The van der Waals surface area contributed by atoms with Crippen LogP contribution in [0.3, 0.4) is 0 Å². The summed E-state index contributed by atoms with van der Waals surface area (Å²) >= 11 is 0. The Morgan fingerprint density at radius 3 is 2.35 bits per heavy atom. The highest BCUT2D eigenvalue weighted by Gasteiger charge is 2.33. The highest BCUT2D eigenvalue weighted by atomic mass is 19.4. The molecule has 0 aliphatic carbocycles. The van der Waals surface area contributed by atoms with Crippen molar-refractivity contribution in [1.29, 1.82) is 0 Å². The number of hydrogen-bond acceptors (Lipinski definition) is 4. The minimum Gasteiger partial charge on any atom is -0.366 e. The van der Waals surface area contributed by atoms with Gasteiger partial charge in [0, 0.05) is 19.2 Å². The number of nitrogens with zero attached hydrogens (tertiary/aromatic N) is 2. The zero-order valence-electron chi connectivity index (χ0n) is 12.0. The quantitative estimate of drug-likeness (QED) is 0.818. The molecule has 124 valence electrons. The summed E-state index contributed by atoms with van der Waals surface area (Å²) in [6, 6.07) is 3.97. The molecule has 0 aliphatic rings. The first kappa shape index (κ1) is 16.9. The molecule has 4 nitrogen and oxygen atoms in total. The van der Waals surface area contributed by atoms with E-state index in [1.54, 1.807) is 6.92 Å². The van der Waals surface area contributed by atoms with Crippen molar-refractivity contribution < 1.29 is 22.0 Å². The van der Waals surface area contributed by atoms with Gasteiger partial charge < -0.3 is 10.6 Å². The van der Waals surface area contributed by atoms with E-state index in [-0.39, 0.29) is 18.3 Å². The molecule has 23 heavy (non-hydrogen) atoms. The van der Waals surface area contributed by atoms with E-state index >= 15 is 0 Å². The second-order valence-electron chi connectivity index (χ2n) is 4.59. The zero-order valence-corrected chi connectivity index (χ0v) is 12.0. The van der Waals surface area contributed by atoms with Gasteiger partial charge in [-0.15, -0.1) is 0 Å². The minimum absolute atomic E-state index is 0.0168. The molecule has 0 atom stereocenters. The normalized spacial score (nSPS) is 11.4. The van der Waals surface area contributed by atoms with Crippen molar-refractivity contribution in [1.82, 2.24) is 9.97 Å². The average Bonchev–Trinajstić information content (AvgIpc) is 2.48. The molecule has 0 unspecified atom stereocenters. The number of anilines is 2. The van der Waals surface area contributed by atoms with Crippen LogP contribution in [0, 0.1) is 11.6 Å². The molecule has 1 heterocycles. The van der Waals surface area contributed by atoms with E-state index in [4.69, 9.17) is 0 Å². The van der Waals surface area contributed by atoms with Crippen molar-refractivity contribution in [3.05, 3.63) is 47.2 Å². The van der Waals surface area contributed by atoms with Crippen molar-refractivity contribution in [2.75, 3.05) is 17.2 Å². The van der Waals surface area contributed by atoms with Crippen LogP contribution in [0.25, 0.3) is 0 Å². The number of nitrogens with one attached hydrogen (secondary N) is 2. The Labute approximate surface area is 128 Å². The lowest BCUT2D eigenvalue weighted by molar-refractivity contribution is -0.141. The molecule has 2 aromatic rings. The first-order chi connectivity index (χ1) is 10.8. The Morgan fingerprint density at radius 1 is 1.00 bits per heavy atom. The molecule has 0 amide bonds. The Hall–Kier alpha value is -2.45. The van der Waals surface area contributed by atoms with Crippen LogP contribution >= 0.6 is 0 Å². The summed E-state index contributed by atoms with van der Waals surface area (Å²) in [5, 5.41) is 5.24. The van der Waals surface area contributed by atoms with Gasteiger partial charge in [-0.2, -0.15) is 18.2 Å². The molecule has 0 fully saturated rings. The molecule has 0 spiro atoms. The fourth-order valence-electron chi connectivity index (χ4n) is 1.76. The monoisotopic (exact) mass is 332 g/mol. The van der Waals surface area contributed by atoms with Crippen LogP contribution < -0.4 is 10.6 Å². The van der Waals surface area contributed by atoms with Crippen molar-refractivity contribution in [2.45, 2.75) is 19.6 Å². The zero-order chi connectivity index (χ0) is 17.0. The summed E-state index contributed by atoms with van der Waals surface area (Å²) in [5.41, 5.74) is -0.739. The molecule has 0 bridgehead atoms. The molecule has 9 heteroatoms. The molecule has 1 aromatic carbocycles. The number of aromatic nitrogens is 2. The highest BCUT2D eigenvalue weighted by Crippen LogP contribution is 2.29. The van der Waals surface area contributed by atoms with Gasteiger partial charge in [-0.25, -0.2) is 13.8 Å². The molecule has 0 aliphatic heterocycles. The summed E-state index contributed by atoms with van der Waals surface area (Å²) in [4.78, 5) is 7.27. The van der Waals surface area contributed by atoms with Crippen molar-refractivity contribution >= 4 is 11.8 Å². The van der Waals surface area contributed by atoms with E-state index in [1.807, 2.05) is 0 Å². The lowest BCUT2D eigenvalue weighted by Gasteiger charge is -2.12. The van der Waals surface area contributed by atoms with Crippen LogP contribution in [0.5, 0.6) is 0 Å². The maximum Gasteiger partial charge on any atom is 0.433 e. The summed E-state index contributed by atoms with van der Waals surface area (Å²) in [6.45, 7) is 2.03. The van der Waals surface area contributed by atoms with Crippen LogP contribution in [0.4, 0.5) is 33.7 Å². The van der Waals surface area contributed by atoms with Crippen LogP contribution in [0.15, 0.2) is 24.3 Å². The number of hydrogen-bond donors (Lipinski definition) is 2. The first-order valence-electron chi connectivity index (χ1n) is 6.67. The molecular formula is C14H13F5N4. The third-order valence-electron chi connectivity index (χ3n) is 2.81. The van der Waals surface area contributed by atoms with Crippen molar-refractivity contribution in [3.8, 4) is 0 Å². The molecule has 0 saturated heterocycles. The average molecular weight is 332 g/mol. The smallest absolute Gasteiger partial charge is 0.366 e. The van der Waals surface area contributed by atoms with E-state index in [0.29, 0.717) is 12.1 Å². The first-order valence-corrected chi connectivity index (χ1v) is 6.67. The van der Waals surface area contributed by atoms with Gasteiger partial charge in [-0.1, -0.05) is 6.07 Å². The molecule has 2 rings (SSSR count). The lowest BCUT2D eigenvalue weighted by Crippen LogP contribution is -2.14. The molecule has 1 aromatic heterocycles. The molecule has 2 N–H and O–H groups in total. The van der Waals surface area contributed by atoms with E-state index in [2.05, 4.69) is 20.6 Å². The maximum absolute atomic E-state index is 13.1. The summed E-state index contributed by atoms with van der Waals surface area (Å²) < 4.78 is 64.4. The predicted octanol–water partition coefficient (Wildman–Crippen LogP) is 3.82. The van der Waals surface area contributed by atoms with Crippen molar-refractivity contribution in [2.24, 2.45) is 0 Å². The van der Waals surface area contributed by atoms with Gasteiger partial charge in [0.05, 0.1) is 0 Å². The highest BCUT2D eigenvalue weighted by molar-refractivity contribution is 5.43. The fraction of sp³-hybridized carbons (Fsp3) is 0.286. The van der Waals surface area contributed by atoms with Gasteiger partial charge in [0.15, 0.2) is 17.3 Å². The van der Waals surface area contributed by atoms with Crippen molar-refractivity contribution in [3.63, 3.8) is 0 Å². The molecule has 0 saturated carbocycles. The van der Waals surface area contributed by atoms with Gasteiger partial charge >= 0.3 is 6.18 Å². The number of alkyl halides is 3. The van der Waals surface area contributed by atoms with Crippen LogP contribution in [-0.2, 0) is 12.7 Å². The fourth-order valence-corrected chi connectivity index (χ4v) is 1.76. The summed E-state index contributed by atoms with van der Waals surface area (Å²) in [7, 11) is 0. The van der Waals surface area contributed by atoms with Gasteiger partial charge in [-0.05, 0) is 24.6 Å². The maximum atomic E-state index is 13.1. The second-order valence-corrected chi connectivity index (χ2v) is 4.59. The van der Waals surface area contributed by atoms with Crippen LogP contribution in [0.1, 0.15) is 18.2 Å². The SMILES string of the molecule is CCNc1nc(NCc2ccc(F)c(F)c2)cc(C(F)(F)F)n1. The number of rotatable bonds is 5. The van der Waals surface area contributed by atoms with Gasteiger partial charge in [0.1, 0.15) is 5.82 Å². The number of halogens is 5. The third kappa shape index (κ3) is 4.51. The predicted molar refractivity (Wildman–Crippen MR) is 74.9 cm³/mol.